The van der Waals surface area contributed by atoms with Gasteiger partial charge in [0.1, 0.15) is 11.8 Å². The molecule has 0 radical (unpaired) electrons. The summed E-state index contributed by atoms with van der Waals surface area (Å²) in [6.07, 6.45) is 0.0216. The Morgan fingerprint density at radius 1 is 1.14 bits per heavy atom. The number of aryl methyl sites for hydroxylation is 1. The zero-order chi connectivity index (χ0) is 25.2. The van der Waals surface area contributed by atoms with Crippen molar-refractivity contribution in [2.75, 3.05) is 13.1 Å². The van der Waals surface area contributed by atoms with Crippen LogP contribution >= 0.6 is 0 Å². The normalized spacial score (nSPS) is 16.0. The molecule has 1 fully saturated rings. The monoisotopic (exact) mass is 491 g/mol. The van der Waals surface area contributed by atoms with Crippen molar-refractivity contribution in [2.45, 2.75) is 29.9 Å². The number of ether oxygens (including phenoxy) is 1. The van der Waals surface area contributed by atoms with E-state index < -0.39 is 27.6 Å². The van der Waals surface area contributed by atoms with Gasteiger partial charge in [-0.2, -0.15) is 9.57 Å². The van der Waals surface area contributed by atoms with Gasteiger partial charge in [0.15, 0.2) is 5.60 Å². The predicted octanol–water partition coefficient (Wildman–Crippen LogP) is 2.80. The molecule has 1 atom stereocenters. The van der Waals surface area contributed by atoms with Crippen LogP contribution in [0.3, 0.4) is 0 Å². The first-order chi connectivity index (χ1) is 16.6. The molecule has 0 unspecified atom stereocenters. The fraction of sp³-hybridized carbons (Fsp3) is 0.231. The number of nitrogens with zero attached hydrogens (tertiary/aromatic N) is 2. The molecule has 0 aliphatic carbocycles. The molecule has 1 aliphatic heterocycles. The summed E-state index contributed by atoms with van der Waals surface area (Å²) in [5.41, 5.74) is 7.67. The van der Waals surface area contributed by atoms with Gasteiger partial charge in [-0.1, -0.05) is 42.0 Å². The molecule has 1 saturated heterocycles. The highest BCUT2D eigenvalue weighted by Crippen LogP contribution is 2.40. The van der Waals surface area contributed by atoms with Gasteiger partial charge in [0.25, 0.3) is 0 Å². The first-order valence-corrected chi connectivity index (χ1v) is 12.4. The van der Waals surface area contributed by atoms with E-state index >= 15 is 0 Å². The van der Waals surface area contributed by atoms with Gasteiger partial charge in [-0.15, -0.1) is 0 Å². The number of rotatable bonds is 8. The predicted molar refractivity (Wildman–Crippen MR) is 129 cm³/mol. The minimum atomic E-state index is -3.85. The third kappa shape index (κ3) is 5.05. The van der Waals surface area contributed by atoms with Crippen molar-refractivity contribution in [3.63, 3.8) is 0 Å². The molecule has 1 heterocycles. The van der Waals surface area contributed by atoms with Gasteiger partial charge in [0.05, 0.1) is 29.6 Å². The molecule has 1 aliphatic rings. The molecule has 0 saturated carbocycles. The van der Waals surface area contributed by atoms with Crippen LogP contribution in [0.4, 0.5) is 0 Å². The quantitative estimate of drug-likeness (QED) is 0.495. The smallest absolute Gasteiger partial charge is 0.320 e. The molecule has 3 aromatic carbocycles. The summed E-state index contributed by atoms with van der Waals surface area (Å²) in [6, 6.07) is 21.6. The number of benzene rings is 3. The Balaban J connectivity index is 1.60. The van der Waals surface area contributed by atoms with Crippen molar-refractivity contribution < 1.29 is 23.1 Å². The summed E-state index contributed by atoms with van der Waals surface area (Å²) in [5.74, 6) is -0.616. The number of hydrogen-bond donors (Lipinski definition) is 2. The summed E-state index contributed by atoms with van der Waals surface area (Å²) >= 11 is 0. The van der Waals surface area contributed by atoms with Crippen LogP contribution < -0.4 is 10.5 Å². The van der Waals surface area contributed by atoms with E-state index in [0.29, 0.717) is 16.9 Å². The van der Waals surface area contributed by atoms with Crippen molar-refractivity contribution in [1.82, 2.24) is 4.31 Å². The van der Waals surface area contributed by atoms with Gasteiger partial charge in [-0.25, -0.2) is 8.42 Å². The van der Waals surface area contributed by atoms with E-state index in [2.05, 4.69) is 6.07 Å². The van der Waals surface area contributed by atoms with Crippen molar-refractivity contribution in [2.24, 2.45) is 5.73 Å². The van der Waals surface area contributed by atoms with Crippen LogP contribution in [0.25, 0.3) is 0 Å². The lowest BCUT2D eigenvalue weighted by molar-refractivity contribution is -0.138. The van der Waals surface area contributed by atoms with Crippen LogP contribution in [0.1, 0.15) is 22.3 Å². The number of carboxylic acid groups (broad SMARTS) is 1. The molecule has 9 heteroatoms. The Morgan fingerprint density at radius 3 is 2.40 bits per heavy atom. The van der Waals surface area contributed by atoms with E-state index in [1.54, 1.807) is 36.4 Å². The number of carboxylic acids is 1. The van der Waals surface area contributed by atoms with Crippen LogP contribution in [0.2, 0.25) is 0 Å². The standard InChI is InChI=1S/C26H25N3O5S/c1-18-5-9-21(10-6-18)26(34-22-11-7-19(15-27)8-12-22)16-29(17-26)35(32,33)23-4-2-3-20(13-23)14-24(28)25(30)31/h2-13,24H,14,16-17,28H2,1H3,(H,30,31)/t24-/m0/s1. The van der Waals surface area contributed by atoms with Gasteiger partial charge in [-0.05, 0) is 60.9 Å². The summed E-state index contributed by atoms with van der Waals surface area (Å²) in [5, 5.41) is 18.1. The number of hydrogen-bond acceptors (Lipinski definition) is 6. The largest absolute Gasteiger partial charge is 0.480 e. The van der Waals surface area contributed by atoms with E-state index in [-0.39, 0.29) is 24.4 Å². The third-order valence-corrected chi connectivity index (χ3v) is 7.83. The first-order valence-electron chi connectivity index (χ1n) is 11.0. The Morgan fingerprint density at radius 2 is 1.80 bits per heavy atom. The molecule has 0 bridgehead atoms. The minimum absolute atomic E-state index is 0.0216. The van der Waals surface area contributed by atoms with E-state index in [0.717, 1.165) is 11.1 Å². The van der Waals surface area contributed by atoms with E-state index in [1.165, 1.54) is 16.4 Å². The summed E-state index contributed by atoms with van der Waals surface area (Å²) < 4.78 is 34.4. The zero-order valence-corrected chi connectivity index (χ0v) is 19.9. The lowest BCUT2D eigenvalue weighted by Gasteiger charge is -2.49. The van der Waals surface area contributed by atoms with Gasteiger partial charge in [0, 0.05) is 0 Å². The van der Waals surface area contributed by atoms with Crippen LogP contribution in [0, 0.1) is 18.3 Å². The second kappa shape index (κ2) is 9.50. The van der Waals surface area contributed by atoms with Crippen LogP contribution in [-0.2, 0) is 26.8 Å². The fourth-order valence-corrected chi connectivity index (χ4v) is 5.61. The lowest BCUT2D eigenvalue weighted by Crippen LogP contribution is -2.64. The Labute approximate surface area is 204 Å². The maximum absolute atomic E-state index is 13.4. The first kappa shape index (κ1) is 24.4. The number of carbonyl (C=O) groups is 1. The highest BCUT2D eigenvalue weighted by atomic mass is 32.2. The average Bonchev–Trinajstić information content (AvgIpc) is 2.82. The van der Waals surface area contributed by atoms with E-state index in [9.17, 15) is 13.2 Å². The van der Waals surface area contributed by atoms with Crippen molar-refractivity contribution >= 4 is 16.0 Å². The van der Waals surface area contributed by atoms with Gasteiger partial charge in [0.2, 0.25) is 10.0 Å². The molecule has 3 aromatic rings. The van der Waals surface area contributed by atoms with Crippen LogP contribution in [0.15, 0.2) is 77.7 Å². The van der Waals surface area contributed by atoms with Crippen molar-refractivity contribution in [3.8, 4) is 11.8 Å². The van der Waals surface area contributed by atoms with Crippen LogP contribution in [-0.4, -0.2) is 42.9 Å². The number of aliphatic carboxylic acids is 1. The van der Waals surface area contributed by atoms with Gasteiger partial charge >= 0.3 is 5.97 Å². The maximum atomic E-state index is 13.4. The van der Waals surface area contributed by atoms with Crippen molar-refractivity contribution in [3.05, 3.63) is 95.1 Å². The number of sulfonamides is 1. The second-order valence-electron chi connectivity index (χ2n) is 8.67. The van der Waals surface area contributed by atoms with E-state index in [4.69, 9.17) is 20.8 Å². The summed E-state index contributed by atoms with van der Waals surface area (Å²) in [4.78, 5) is 11.2. The molecule has 3 N–H and O–H groups in total. The maximum Gasteiger partial charge on any atom is 0.320 e. The number of nitriles is 1. The Kier molecular flexibility index (Phi) is 6.63. The fourth-order valence-electron chi connectivity index (χ4n) is 4.00. The van der Waals surface area contributed by atoms with E-state index in [1.807, 2.05) is 31.2 Å². The highest BCUT2D eigenvalue weighted by Gasteiger charge is 2.52. The van der Waals surface area contributed by atoms with Crippen LogP contribution in [0.5, 0.6) is 5.75 Å². The average molecular weight is 492 g/mol. The molecular weight excluding hydrogens is 466 g/mol. The Bertz CT molecular complexity index is 1370. The van der Waals surface area contributed by atoms with Gasteiger partial charge in [-0.3, -0.25) is 4.79 Å². The molecule has 35 heavy (non-hydrogen) atoms. The zero-order valence-electron chi connectivity index (χ0n) is 19.1. The third-order valence-electron chi connectivity index (χ3n) is 6.05. The highest BCUT2D eigenvalue weighted by molar-refractivity contribution is 7.89. The molecule has 0 aromatic heterocycles. The number of nitrogens with two attached hydrogens (primary N) is 1. The van der Waals surface area contributed by atoms with Gasteiger partial charge < -0.3 is 15.6 Å². The topological polar surface area (TPSA) is 134 Å². The summed E-state index contributed by atoms with van der Waals surface area (Å²) in [7, 11) is -3.85. The molecule has 8 nitrogen and oxygen atoms in total. The molecule has 0 amide bonds. The second-order valence-corrected chi connectivity index (χ2v) is 10.6. The molecular formula is C26H25N3O5S. The van der Waals surface area contributed by atoms with Crippen molar-refractivity contribution in [1.29, 1.82) is 5.26 Å². The Hall–Kier alpha value is -3.71. The summed E-state index contributed by atoms with van der Waals surface area (Å²) in [6.45, 7) is 2.16. The SMILES string of the molecule is Cc1ccc(C2(Oc3ccc(C#N)cc3)CN(S(=O)(=O)c3cccc(C[C@H](N)C(=O)O)c3)C2)cc1. The lowest BCUT2D eigenvalue weighted by atomic mass is 9.87. The molecule has 0 spiro atoms. The molecule has 180 valence electrons. The minimum Gasteiger partial charge on any atom is -0.480 e. The molecule has 4 rings (SSSR count).